The molecule has 1 aromatic carbocycles. The van der Waals surface area contributed by atoms with Gasteiger partial charge in [0.05, 0.1) is 0 Å². The molecule has 0 radical (unpaired) electrons. The summed E-state index contributed by atoms with van der Waals surface area (Å²) >= 11 is 1.75. The predicted molar refractivity (Wildman–Crippen MR) is 88.3 cm³/mol. The predicted octanol–water partition coefficient (Wildman–Crippen LogP) is 4.36. The van der Waals surface area contributed by atoms with Gasteiger partial charge in [-0.15, -0.1) is 11.8 Å². The minimum absolute atomic E-state index is 0.0262. The van der Waals surface area contributed by atoms with Crippen molar-refractivity contribution in [1.29, 1.82) is 0 Å². The van der Waals surface area contributed by atoms with E-state index in [1.54, 1.807) is 18.0 Å². The van der Waals surface area contributed by atoms with Gasteiger partial charge in [-0.1, -0.05) is 26.8 Å². The van der Waals surface area contributed by atoms with Crippen molar-refractivity contribution in [2.75, 3.05) is 5.32 Å². The van der Waals surface area contributed by atoms with E-state index in [-0.39, 0.29) is 11.3 Å². The van der Waals surface area contributed by atoms with Crippen LogP contribution in [0.5, 0.6) is 0 Å². The van der Waals surface area contributed by atoms with Gasteiger partial charge in [-0.25, -0.2) is 0 Å². The van der Waals surface area contributed by atoms with E-state index in [4.69, 9.17) is 0 Å². The number of carbonyl (C=O) groups excluding carboxylic acids is 1. The molecular weight excluding hydrogens is 280 g/mol. The van der Waals surface area contributed by atoms with Crippen molar-refractivity contribution in [3.8, 4) is 0 Å². The van der Waals surface area contributed by atoms with E-state index < -0.39 is 0 Å². The fourth-order valence-electron chi connectivity index (χ4n) is 1.60. The third-order valence-corrected chi connectivity index (χ3v) is 4.00. The number of benzene rings is 1. The number of nitrogens with zero attached hydrogens (tertiary/aromatic N) is 1. The smallest absolute Gasteiger partial charge is 0.229 e. The molecule has 3 nitrogen and oxygen atoms in total. The molecule has 1 N–H and O–H groups in total. The molecule has 0 atom stereocenters. The Kier molecular flexibility index (Phi) is 5.02. The molecule has 1 aromatic heterocycles. The molecule has 0 fully saturated rings. The highest BCUT2D eigenvalue weighted by Gasteiger charge is 2.20. The average Bonchev–Trinajstić information content (AvgIpc) is 2.46. The maximum Gasteiger partial charge on any atom is 0.229 e. The molecule has 0 aliphatic carbocycles. The highest BCUT2D eigenvalue weighted by molar-refractivity contribution is 7.98. The van der Waals surface area contributed by atoms with Crippen molar-refractivity contribution >= 4 is 23.4 Å². The lowest BCUT2D eigenvalue weighted by Crippen LogP contribution is -2.27. The highest BCUT2D eigenvalue weighted by Crippen LogP contribution is 2.24. The van der Waals surface area contributed by atoms with Crippen LogP contribution < -0.4 is 5.32 Å². The molecule has 2 rings (SSSR count). The van der Waals surface area contributed by atoms with Gasteiger partial charge >= 0.3 is 0 Å². The highest BCUT2D eigenvalue weighted by atomic mass is 32.2. The number of nitrogens with one attached hydrogen (secondary N) is 1. The van der Waals surface area contributed by atoms with Crippen LogP contribution in [-0.4, -0.2) is 10.9 Å². The normalized spacial score (nSPS) is 11.2. The first-order valence-corrected chi connectivity index (χ1v) is 7.87. The summed E-state index contributed by atoms with van der Waals surface area (Å²) in [5.74, 6) is 0.917. The number of thioether (sulfide) groups is 1. The molecule has 4 heteroatoms. The fraction of sp³-hybridized carbons (Fsp3) is 0.294. The quantitative estimate of drug-likeness (QED) is 0.853. The molecule has 21 heavy (non-hydrogen) atoms. The topological polar surface area (TPSA) is 42.0 Å². The number of rotatable bonds is 4. The van der Waals surface area contributed by atoms with E-state index in [0.29, 0.717) is 0 Å². The summed E-state index contributed by atoms with van der Waals surface area (Å²) < 4.78 is 0. The van der Waals surface area contributed by atoms with Crippen LogP contribution in [-0.2, 0) is 10.5 Å². The SMILES string of the molecule is CC(C)(C)C(=O)Nc1ccc(SCc2cccnc2)cc1. The summed E-state index contributed by atoms with van der Waals surface area (Å²) in [6, 6.07) is 11.9. The molecule has 0 unspecified atom stereocenters. The van der Waals surface area contributed by atoms with Gasteiger partial charge in [0.15, 0.2) is 0 Å². The van der Waals surface area contributed by atoms with Crippen molar-refractivity contribution in [3.05, 3.63) is 54.4 Å². The third-order valence-electron chi connectivity index (χ3n) is 2.92. The van der Waals surface area contributed by atoms with E-state index in [0.717, 1.165) is 11.4 Å². The van der Waals surface area contributed by atoms with Gasteiger partial charge in [0, 0.05) is 34.1 Å². The van der Waals surface area contributed by atoms with Crippen LogP contribution in [0.25, 0.3) is 0 Å². The summed E-state index contributed by atoms with van der Waals surface area (Å²) in [5.41, 5.74) is 1.65. The summed E-state index contributed by atoms with van der Waals surface area (Å²) in [5, 5.41) is 2.92. The number of amides is 1. The number of anilines is 1. The van der Waals surface area contributed by atoms with E-state index >= 15 is 0 Å². The van der Waals surface area contributed by atoms with Crippen LogP contribution in [0, 0.1) is 5.41 Å². The minimum Gasteiger partial charge on any atom is -0.326 e. The molecule has 0 spiro atoms. The van der Waals surface area contributed by atoms with E-state index in [2.05, 4.69) is 16.4 Å². The maximum absolute atomic E-state index is 11.9. The first kappa shape index (κ1) is 15.6. The van der Waals surface area contributed by atoms with E-state index in [1.807, 2.05) is 57.3 Å². The molecule has 110 valence electrons. The number of carbonyl (C=O) groups is 1. The minimum atomic E-state index is -0.381. The molecule has 1 amide bonds. The number of aromatic nitrogens is 1. The molecule has 0 aliphatic heterocycles. The fourth-order valence-corrected chi connectivity index (χ4v) is 2.44. The first-order chi connectivity index (χ1) is 9.95. The van der Waals surface area contributed by atoms with Crippen LogP contribution in [0.15, 0.2) is 53.7 Å². The summed E-state index contributed by atoms with van der Waals surface area (Å²) in [4.78, 5) is 17.2. The van der Waals surface area contributed by atoms with Crippen LogP contribution in [0.3, 0.4) is 0 Å². The average molecular weight is 300 g/mol. The van der Waals surface area contributed by atoms with Gasteiger partial charge in [0.25, 0.3) is 0 Å². The van der Waals surface area contributed by atoms with Gasteiger partial charge in [-0.2, -0.15) is 0 Å². The van der Waals surface area contributed by atoms with Crippen molar-refractivity contribution in [2.45, 2.75) is 31.4 Å². The zero-order chi connectivity index (χ0) is 15.3. The van der Waals surface area contributed by atoms with Crippen molar-refractivity contribution in [3.63, 3.8) is 0 Å². The second kappa shape index (κ2) is 6.76. The molecule has 0 saturated heterocycles. The molecule has 0 aliphatic rings. The van der Waals surface area contributed by atoms with Gasteiger partial charge in [0.1, 0.15) is 0 Å². The second-order valence-electron chi connectivity index (χ2n) is 5.88. The molecule has 2 aromatic rings. The standard InChI is InChI=1S/C17H20N2OS/c1-17(2,3)16(20)19-14-6-8-15(9-7-14)21-12-13-5-4-10-18-11-13/h4-11H,12H2,1-3H3,(H,19,20). The first-order valence-electron chi connectivity index (χ1n) is 6.88. The molecule has 0 saturated carbocycles. The van der Waals surface area contributed by atoms with Gasteiger partial charge in [0.2, 0.25) is 5.91 Å². The summed E-state index contributed by atoms with van der Waals surface area (Å²) in [7, 11) is 0. The van der Waals surface area contributed by atoms with Gasteiger partial charge < -0.3 is 5.32 Å². The van der Waals surface area contributed by atoms with Crippen molar-refractivity contribution in [1.82, 2.24) is 4.98 Å². The number of hydrogen-bond acceptors (Lipinski definition) is 3. The van der Waals surface area contributed by atoms with E-state index in [9.17, 15) is 4.79 Å². The Hall–Kier alpha value is -1.81. The van der Waals surface area contributed by atoms with Crippen LogP contribution in [0.2, 0.25) is 0 Å². The van der Waals surface area contributed by atoms with E-state index in [1.165, 1.54) is 10.5 Å². The Labute approximate surface area is 130 Å². The second-order valence-corrected chi connectivity index (χ2v) is 6.93. The zero-order valence-electron chi connectivity index (χ0n) is 12.6. The Morgan fingerprint density at radius 3 is 2.48 bits per heavy atom. The zero-order valence-corrected chi connectivity index (χ0v) is 13.4. The molecule has 0 bridgehead atoms. The Morgan fingerprint density at radius 2 is 1.90 bits per heavy atom. The maximum atomic E-state index is 11.9. The van der Waals surface area contributed by atoms with Gasteiger partial charge in [-0.05, 0) is 35.9 Å². The van der Waals surface area contributed by atoms with Crippen LogP contribution in [0.4, 0.5) is 5.69 Å². The van der Waals surface area contributed by atoms with Crippen LogP contribution in [0.1, 0.15) is 26.3 Å². The number of hydrogen-bond donors (Lipinski definition) is 1. The Morgan fingerprint density at radius 1 is 1.19 bits per heavy atom. The Balaban J connectivity index is 1.92. The van der Waals surface area contributed by atoms with Crippen molar-refractivity contribution in [2.24, 2.45) is 5.41 Å². The summed E-state index contributed by atoms with van der Waals surface area (Å²) in [6.07, 6.45) is 3.66. The van der Waals surface area contributed by atoms with Crippen LogP contribution >= 0.6 is 11.8 Å². The summed E-state index contributed by atoms with van der Waals surface area (Å²) in [6.45, 7) is 5.71. The lowest BCUT2D eigenvalue weighted by molar-refractivity contribution is -0.123. The van der Waals surface area contributed by atoms with Crippen molar-refractivity contribution < 1.29 is 4.79 Å². The lowest BCUT2D eigenvalue weighted by atomic mass is 9.95. The largest absolute Gasteiger partial charge is 0.326 e. The Bertz CT molecular complexity index is 588. The van der Waals surface area contributed by atoms with Gasteiger partial charge in [-0.3, -0.25) is 9.78 Å². The monoisotopic (exact) mass is 300 g/mol. The number of pyridine rings is 1. The third kappa shape index (κ3) is 4.90. The molecule has 1 heterocycles. The molecular formula is C17H20N2OS. The lowest BCUT2D eigenvalue weighted by Gasteiger charge is -2.17.